The van der Waals surface area contributed by atoms with Crippen LogP contribution >= 0.6 is 0 Å². The Morgan fingerprint density at radius 1 is 1.21 bits per heavy atom. The highest BCUT2D eigenvalue weighted by Gasteiger charge is 2.09. The quantitative estimate of drug-likeness (QED) is 0.671. The number of fused-ring (bicyclic) bond motifs is 1. The molecule has 0 aliphatic carbocycles. The van der Waals surface area contributed by atoms with E-state index < -0.39 is 0 Å². The van der Waals surface area contributed by atoms with Crippen molar-refractivity contribution in [2.75, 3.05) is 7.11 Å². The Morgan fingerprint density at radius 2 is 2.00 bits per heavy atom. The zero-order chi connectivity index (χ0) is 13.2. The van der Waals surface area contributed by atoms with E-state index >= 15 is 0 Å². The highest BCUT2D eigenvalue weighted by atomic mass is 16.5. The summed E-state index contributed by atoms with van der Waals surface area (Å²) in [6, 6.07) is 10.9. The molecule has 3 rings (SSSR count). The minimum absolute atomic E-state index is 0.523. The Hall–Kier alpha value is -2.69. The first-order valence-corrected chi connectivity index (χ1v) is 5.77. The van der Waals surface area contributed by atoms with Crippen molar-refractivity contribution in [1.29, 1.82) is 0 Å². The number of aldehydes is 1. The first-order chi connectivity index (χ1) is 9.31. The van der Waals surface area contributed by atoms with Gasteiger partial charge in [0.05, 0.1) is 12.7 Å². The lowest BCUT2D eigenvalue weighted by Crippen LogP contribution is -1.90. The molecule has 19 heavy (non-hydrogen) atoms. The van der Waals surface area contributed by atoms with Gasteiger partial charge in [-0.25, -0.2) is 9.50 Å². The number of methoxy groups -OCH3 is 1. The van der Waals surface area contributed by atoms with Crippen LogP contribution in [0, 0.1) is 0 Å². The van der Waals surface area contributed by atoms with Crippen molar-refractivity contribution in [2.24, 2.45) is 0 Å². The van der Waals surface area contributed by atoms with Gasteiger partial charge in [-0.3, -0.25) is 4.79 Å². The van der Waals surface area contributed by atoms with Gasteiger partial charge in [-0.1, -0.05) is 0 Å². The van der Waals surface area contributed by atoms with Crippen LogP contribution in [0.4, 0.5) is 0 Å². The van der Waals surface area contributed by atoms with E-state index in [1.807, 2.05) is 24.3 Å². The minimum Gasteiger partial charge on any atom is -0.497 e. The summed E-state index contributed by atoms with van der Waals surface area (Å²) in [5, 5.41) is 4.35. The molecule has 0 aliphatic heterocycles. The highest BCUT2D eigenvalue weighted by Crippen LogP contribution is 2.20. The van der Waals surface area contributed by atoms with E-state index in [0.29, 0.717) is 17.0 Å². The van der Waals surface area contributed by atoms with E-state index in [4.69, 9.17) is 4.74 Å². The Kier molecular flexibility index (Phi) is 2.72. The van der Waals surface area contributed by atoms with Gasteiger partial charge in [-0.2, -0.15) is 0 Å². The lowest BCUT2D eigenvalue weighted by Gasteiger charge is -1.99. The normalized spacial score (nSPS) is 10.6. The van der Waals surface area contributed by atoms with Gasteiger partial charge in [0.2, 0.25) is 0 Å². The molecule has 0 fully saturated rings. The molecule has 2 aromatic heterocycles. The van der Waals surface area contributed by atoms with Crippen LogP contribution in [0.2, 0.25) is 0 Å². The molecule has 5 heteroatoms. The number of carbonyl (C=O) groups is 1. The molecule has 3 aromatic rings. The van der Waals surface area contributed by atoms with Crippen molar-refractivity contribution < 1.29 is 9.53 Å². The predicted octanol–water partition coefficient (Wildman–Crippen LogP) is 2.22. The highest BCUT2D eigenvalue weighted by molar-refractivity contribution is 5.84. The van der Waals surface area contributed by atoms with E-state index in [0.717, 1.165) is 17.6 Å². The van der Waals surface area contributed by atoms with E-state index in [1.54, 1.807) is 30.0 Å². The number of carbonyl (C=O) groups excluding carboxylic acids is 1. The van der Waals surface area contributed by atoms with E-state index in [9.17, 15) is 4.79 Å². The van der Waals surface area contributed by atoms with Gasteiger partial charge in [0, 0.05) is 11.8 Å². The van der Waals surface area contributed by atoms with Gasteiger partial charge in [0.1, 0.15) is 5.75 Å². The molecule has 0 saturated heterocycles. The fraction of sp³-hybridized carbons (Fsp3) is 0.0714. The maximum atomic E-state index is 11.0. The smallest absolute Gasteiger partial charge is 0.182 e. The van der Waals surface area contributed by atoms with E-state index in [2.05, 4.69) is 10.1 Å². The summed E-state index contributed by atoms with van der Waals surface area (Å²) in [5.41, 5.74) is 1.96. The third kappa shape index (κ3) is 1.95. The first kappa shape index (κ1) is 11.4. The van der Waals surface area contributed by atoms with Crippen LogP contribution in [0.5, 0.6) is 5.75 Å². The average molecular weight is 253 g/mol. The van der Waals surface area contributed by atoms with Crippen molar-refractivity contribution >= 4 is 11.9 Å². The molecule has 2 heterocycles. The number of benzene rings is 1. The van der Waals surface area contributed by atoms with Crippen LogP contribution in [0.1, 0.15) is 10.4 Å². The summed E-state index contributed by atoms with van der Waals surface area (Å²) in [6.45, 7) is 0. The summed E-state index contributed by atoms with van der Waals surface area (Å²) >= 11 is 0. The van der Waals surface area contributed by atoms with Gasteiger partial charge in [-0.15, -0.1) is 5.10 Å². The second-order valence-corrected chi connectivity index (χ2v) is 4.01. The van der Waals surface area contributed by atoms with Gasteiger partial charge in [0.15, 0.2) is 17.8 Å². The predicted molar refractivity (Wildman–Crippen MR) is 70.4 cm³/mol. The molecular formula is C14H11N3O2. The van der Waals surface area contributed by atoms with Crippen LogP contribution in [0.3, 0.4) is 0 Å². The number of rotatable bonds is 3. The summed E-state index contributed by atoms with van der Waals surface area (Å²) in [7, 11) is 1.62. The zero-order valence-corrected chi connectivity index (χ0v) is 10.3. The van der Waals surface area contributed by atoms with Gasteiger partial charge < -0.3 is 4.74 Å². The molecule has 94 valence electrons. The van der Waals surface area contributed by atoms with Crippen LogP contribution in [-0.4, -0.2) is 28.0 Å². The maximum absolute atomic E-state index is 11.0. The second kappa shape index (κ2) is 4.53. The fourth-order valence-corrected chi connectivity index (χ4v) is 1.88. The molecular weight excluding hydrogens is 242 g/mol. The zero-order valence-electron chi connectivity index (χ0n) is 10.3. The van der Waals surface area contributed by atoms with Crippen LogP contribution in [0.15, 0.2) is 42.6 Å². The Labute approximate surface area is 109 Å². The molecule has 5 nitrogen and oxygen atoms in total. The van der Waals surface area contributed by atoms with E-state index in [1.165, 1.54) is 0 Å². The topological polar surface area (TPSA) is 56.5 Å². The summed E-state index contributed by atoms with van der Waals surface area (Å²) in [4.78, 5) is 15.3. The van der Waals surface area contributed by atoms with E-state index in [-0.39, 0.29) is 0 Å². The second-order valence-electron chi connectivity index (χ2n) is 4.01. The molecule has 0 saturated carbocycles. The molecule has 0 bridgehead atoms. The summed E-state index contributed by atoms with van der Waals surface area (Å²) in [6.07, 6.45) is 2.55. The number of ether oxygens (including phenoxy) is 1. The van der Waals surface area contributed by atoms with Gasteiger partial charge in [0.25, 0.3) is 0 Å². The monoisotopic (exact) mass is 253 g/mol. The lowest BCUT2D eigenvalue weighted by molar-refractivity contribution is 0.112. The summed E-state index contributed by atoms with van der Waals surface area (Å²) in [5.74, 6) is 1.36. The number of hydrogen-bond donors (Lipinski definition) is 0. The Bertz CT molecular complexity index is 732. The SMILES string of the molecule is COc1ccc(-c2nc3c(C=O)cccn3n2)cc1. The van der Waals surface area contributed by atoms with Crippen LogP contribution in [0.25, 0.3) is 17.0 Å². The fourth-order valence-electron chi connectivity index (χ4n) is 1.88. The first-order valence-electron chi connectivity index (χ1n) is 5.77. The van der Waals surface area contributed by atoms with Gasteiger partial charge in [-0.05, 0) is 36.4 Å². The third-order valence-electron chi connectivity index (χ3n) is 2.87. The summed E-state index contributed by atoms with van der Waals surface area (Å²) < 4.78 is 6.71. The van der Waals surface area contributed by atoms with Crippen molar-refractivity contribution in [3.63, 3.8) is 0 Å². The lowest BCUT2D eigenvalue weighted by atomic mass is 10.2. The number of nitrogens with zero attached hydrogens (tertiary/aromatic N) is 3. The van der Waals surface area contributed by atoms with Gasteiger partial charge >= 0.3 is 0 Å². The molecule has 0 aliphatic rings. The number of aromatic nitrogens is 3. The minimum atomic E-state index is 0.523. The molecule has 1 aromatic carbocycles. The Balaban J connectivity index is 2.12. The molecule has 0 spiro atoms. The average Bonchev–Trinajstić information content (AvgIpc) is 2.91. The molecule has 0 atom stereocenters. The largest absolute Gasteiger partial charge is 0.497 e. The molecule has 0 amide bonds. The molecule has 0 unspecified atom stereocenters. The number of pyridine rings is 1. The number of hydrogen-bond acceptors (Lipinski definition) is 4. The van der Waals surface area contributed by atoms with Crippen molar-refractivity contribution in [1.82, 2.24) is 14.6 Å². The van der Waals surface area contributed by atoms with Crippen molar-refractivity contribution in [3.8, 4) is 17.1 Å². The Morgan fingerprint density at radius 3 is 2.68 bits per heavy atom. The van der Waals surface area contributed by atoms with Crippen LogP contribution in [-0.2, 0) is 0 Å². The standard InChI is InChI=1S/C14H11N3O2/c1-19-12-6-4-10(5-7-12)13-15-14-11(9-18)3-2-8-17(14)16-13/h2-9H,1H3. The van der Waals surface area contributed by atoms with Crippen LogP contribution < -0.4 is 4.74 Å². The van der Waals surface area contributed by atoms with Crippen molar-refractivity contribution in [2.45, 2.75) is 0 Å². The maximum Gasteiger partial charge on any atom is 0.182 e. The molecule has 0 radical (unpaired) electrons. The third-order valence-corrected chi connectivity index (χ3v) is 2.87. The molecule has 0 N–H and O–H groups in total. The van der Waals surface area contributed by atoms with Crippen molar-refractivity contribution in [3.05, 3.63) is 48.2 Å².